The number of imidazole rings is 1. The number of hydrogen-bond donors (Lipinski definition) is 1. The third kappa shape index (κ3) is 2.03. The largest absolute Gasteiger partial charge is 0.330 e. The fourth-order valence-corrected chi connectivity index (χ4v) is 2.72. The van der Waals surface area contributed by atoms with E-state index in [-0.39, 0.29) is 17.0 Å². The summed E-state index contributed by atoms with van der Waals surface area (Å²) in [5, 5.41) is 1.93. The molecule has 3 heterocycles. The minimum absolute atomic E-state index is 0.0814. The number of nitrogens with two attached hydrogens (primary N) is 1. The van der Waals surface area contributed by atoms with Gasteiger partial charge in [-0.25, -0.2) is 14.8 Å². The molecule has 1 fully saturated rings. The third-order valence-corrected chi connectivity index (χ3v) is 3.85. The van der Waals surface area contributed by atoms with Gasteiger partial charge in [-0.05, 0) is 24.4 Å². The van der Waals surface area contributed by atoms with Crippen LogP contribution in [-0.2, 0) is 7.05 Å². The van der Waals surface area contributed by atoms with Crippen molar-refractivity contribution in [2.75, 3.05) is 13.1 Å². The number of halogens is 1. The highest BCUT2D eigenvalue weighted by Gasteiger charge is 2.24. The molecule has 1 aliphatic heterocycles. The Morgan fingerprint density at radius 3 is 2.79 bits per heavy atom. The van der Waals surface area contributed by atoms with Gasteiger partial charge in [0, 0.05) is 26.2 Å². The molecule has 8 heteroatoms. The first-order valence-corrected chi connectivity index (χ1v) is 6.55. The molecule has 1 saturated heterocycles. The zero-order valence-electron chi connectivity index (χ0n) is 10.6. The lowest BCUT2D eigenvalue weighted by molar-refractivity contribution is 0.189. The summed E-state index contributed by atoms with van der Waals surface area (Å²) in [4.78, 5) is 20.5. The first-order chi connectivity index (χ1) is 9.08. The molecule has 0 bridgehead atoms. The van der Waals surface area contributed by atoms with Crippen molar-refractivity contribution in [1.29, 1.82) is 0 Å². The van der Waals surface area contributed by atoms with E-state index in [1.807, 2.05) is 0 Å². The predicted molar refractivity (Wildman–Crippen MR) is 71.8 cm³/mol. The van der Waals surface area contributed by atoms with Crippen molar-refractivity contribution >= 4 is 22.8 Å². The first-order valence-electron chi connectivity index (χ1n) is 6.17. The maximum atomic E-state index is 12.4. The summed E-state index contributed by atoms with van der Waals surface area (Å²) >= 11 is 5.84. The lowest BCUT2D eigenvalue weighted by Crippen LogP contribution is -2.41. The Balaban J connectivity index is 2.15. The fourth-order valence-electron chi connectivity index (χ4n) is 2.59. The van der Waals surface area contributed by atoms with Crippen LogP contribution in [0.3, 0.4) is 0 Å². The Morgan fingerprint density at radius 1 is 1.42 bits per heavy atom. The molecule has 102 valence electrons. The SMILES string of the molecule is Cn1c(=O)n(C2CCN(N)CC2)c2nc(Cl)ncc21. The zero-order chi connectivity index (χ0) is 13.6. The Labute approximate surface area is 114 Å². The van der Waals surface area contributed by atoms with Crippen LogP contribution in [0.5, 0.6) is 0 Å². The first kappa shape index (κ1) is 12.6. The molecule has 7 nitrogen and oxygen atoms in total. The van der Waals surface area contributed by atoms with Crippen molar-refractivity contribution in [2.45, 2.75) is 18.9 Å². The zero-order valence-corrected chi connectivity index (χ0v) is 11.3. The molecular weight excluding hydrogens is 268 g/mol. The van der Waals surface area contributed by atoms with E-state index >= 15 is 0 Å². The molecule has 0 unspecified atom stereocenters. The van der Waals surface area contributed by atoms with Crippen LogP contribution in [0, 0.1) is 0 Å². The van der Waals surface area contributed by atoms with Crippen LogP contribution in [0.2, 0.25) is 5.28 Å². The lowest BCUT2D eigenvalue weighted by Gasteiger charge is -2.28. The number of piperidine rings is 1. The summed E-state index contributed by atoms with van der Waals surface area (Å²) in [7, 11) is 1.72. The minimum Gasteiger partial charge on any atom is -0.292 e. The maximum absolute atomic E-state index is 12.4. The van der Waals surface area contributed by atoms with Gasteiger partial charge >= 0.3 is 5.69 Å². The quantitative estimate of drug-likeness (QED) is 0.601. The summed E-state index contributed by atoms with van der Waals surface area (Å²) in [6, 6.07) is 0.113. The second-order valence-electron chi connectivity index (χ2n) is 4.83. The van der Waals surface area contributed by atoms with E-state index in [9.17, 15) is 4.79 Å². The van der Waals surface area contributed by atoms with Crippen LogP contribution in [0.15, 0.2) is 11.0 Å². The number of fused-ring (bicyclic) bond motifs is 1. The van der Waals surface area contributed by atoms with Gasteiger partial charge in [0.2, 0.25) is 5.28 Å². The Morgan fingerprint density at radius 2 is 2.11 bits per heavy atom. The Hall–Kier alpha value is -1.44. The molecule has 2 aromatic rings. The van der Waals surface area contributed by atoms with E-state index in [1.54, 1.807) is 27.4 Å². The fraction of sp³-hybridized carbons (Fsp3) is 0.545. The molecule has 0 amide bonds. The smallest absolute Gasteiger partial charge is 0.292 e. The van der Waals surface area contributed by atoms with Gasteiger partial charge in [-0.15, -0.1) is 0 Å². The van der Waals surface area contributed by atoms with Gasteiger partial charge < -0.3 is 0 Å². The molecule has 0 aromatic carbocycles. The monoisotopic (exact) mass is 282 g/mol. The number of rotatable bonds is 1. The van der Waals surface area contributed by atoms with E-state index in [2.05, 4.69) is 9.97 Å². The average Bonchev–Trinajstić information content (AvgIpc) is 2.63. The Kier molecular flexibility index (Phi) is 3.04. The van der Waals surface area contributed by atoms with Crippen molar-refractivity contribution in [3.05, 3.63) is 22.0 Å². The van der Waals surface area contributed by atoms with Crippen LogP contribution in [0.4, 0.5) is 0 Å². The second kappa shape index (κ2) is 4.59. The number of aryl methyl sites for hydroxylation is 1. The number of nitrogens with zero attached hydrogens (tertiary/aromatic N) is 5. The molecule has 0 radical (unpaired) electrons. The van der Waals surface area contributed by atoms with E-state index in [0.29, 0.717) is 11.2 Å². The minimum atomic E-state index is -0.0814. The summed E-state index contributed by atoms with van der Waals surface area (Å²) in [5.74, 6) is 5.75. The van der Waals surface area contributed by atoms with E-state index in [1.165, 1.54) is 0 Å². The van der Waals surface area contributed by atoms with Gasteiger partial charge in [0.15, 0.2) is 5.65 Å². The standard InChI is InChI=1S/C11H15ClN6O/c1-16-8-6-14-10(12)15-9(8)18(11(16)19)7-2-4-17(13)5-3-7/h6-7H,2-5,13H2,1H3. The molecule has 1 aliphatic rings. The molecule has 3 rings (SSSR count). The third-order valence-electron chi connectivity index (χ3n) is 3.67. The van der Waals surface area contributed by atoms with Gasteiger partial charge in [-0.2, -0.15) is 4.98 Å². The summed E-state index contributed by atoms with van der Waals surface area (Å²) in [6.07, 6.45) is 3.24. The van der Waals surface area contributed by atoms with Crippen LogP contribution < -0.4 is 11.5 Å². The summed E-state index contributed by atoms with van der Waals surface area (Å²) < 4.78 is 3.27. The second-order valence-corrected chi connectivity index (χ2v) is 5.16. The van der Waals surface area contributed by atoms with Crippen molar-refractivity contribution < 1.29 is 0 Å². The number of hydrazine groups is 1. The molecule has 19 heavy (non-hydrogen) atoms. The number of aromatic nitrogens is 4. The van der Waals surface area contributed by atoms with E-state index in [0.717, 1.165) is 25.9 Å². The normalized spacial score (nSPS) is 18.3. The van der Waals surface area contributed by atoms with Crippen LogP contribution in [0.1, 0.15) is 18.9 Å². The van der Waals surface area contributed by atoms with E-state index in [4.69, 9.17) is 17.4 Å². The highest BCUT2D eigenvalue weighted by molar-refractivity contribution is 6.28. The Bertz CT molecular complexity index is 670. The van der Waals surface area contributed by atoms with Crippen molar-refractivity contribution in [1.82, 2.24) is 24.1 Å². The molecule has 0 atom stereocenters. The summed E-state index contributed by atoms with van der Waals surface area (Å²) in [6.45, 7) is 1.54. The van der Waals surface area contributed by atoms with Gasteiger partial charge in [-0.3, -0.25) is 15.0 Å². The molecule has 0 saturated carbocycles. The highest BCUT2D eigenvalue weighted by Crippen LogP contribution is 2.23. The lowest BCUT2D eigenvalue weighted by atomic mass is 10.1. The highest BCUT2D eigenvalue weighted by atomic mass is 35.5. The van der Waals surface area contributed by atoms with Crippen LogP contribution in [-0.4, -0.2) is 37.2 Å². The van der Waals surface area contributed by atoms with E-state index < -0.39 is 0 Å². The van der Waals surface area contributed by atoms with Gasteiger partial charge in [0.25, 0.3) is 0 Å². The van der Waals surface area contributed by atoms with Crippen molar-refractivity contribution in [3.8, 4) is 0 Å². The average molecular weight is 283 g/mol. The molecular formula is C11H15ClN6O. The molecule has 0 spiro atoms. The maximum Gasteiger partial charge on any atom is 0.330 e. The predicted octanol–water partition coefficient (Wildman–Crippen LogP) is 0.294. The number of hydrogen-bond acceptors (Lipinski definition) is 5. The van der Waals surface area contributed by atoms with Gasteiger partial charge in [0.1, 0.15) is 5.52 Å². The van der Waals surface area contributed by atoms with Gasteiger partial charge in [0.05, 0.1) is 6.20 Å². The van der Waals surface area contributed by atoms with Crippen LogP contribution >= 0.6 is 11.6 Å². The van der Waals surface area contributed by atoms with Crippen molar-refractivity contribution in [3.63, 3.8) is 0 Å². The molecule has 2 N–H and O–H groups in total. The van der Waals surface area contributed by atoms with Crippen LogP contribution in [0.25, 0.3) is 11.2 Å². The molecule has 2 aromatic heterocycles. The molecule has 0 aliphatic carbocycles. The van der Waals surface area contributed by atoms with Crippen molar-refractivity contribution in [2.24, 2.45) is 12.9 Å². The summed E-state index contributed by atoms with van der Waals surface area (Å²) in [5.41, 5.74) is 1.22. The van der Waals surface area contributed by atoms with Gasteiger partial charge in [-0.1, -0.05) is 0 Å². The topological polar surface area (TPSA) is 82.0 Å².